The molecule has 1 heterocycles. The van der Waals surface area contributed by atoms with Gasteiger partial charge in [-0.3, -0.25) is 14.9 Å². The molecule has 4 amide bonds. The molecule has 2 aromatic rings. The zero-order chi connectivity index (χ0) is 18.0. The van der Waals surface area contributed by atoms with Crippen molar-refractivity contribution >= 4 is 23.5 Å². The Bertz CT molecular complexity index is 915. The molecule has 2 aromatic carbocycles. The monoisotopic (exact) mass is 334 g/mol. The molecule has 1 atom stereocenters. The Balaban J connectivity index is 1.82. The zero-order valence-corrected chi connectivity index (χ0v) is 13.3. The molecule has 0 bridgehead atoms. The molecular formula is C18H14N4O3. The maximum absolute atomic E-state index is 12.3. The molecule has 0 aromatic heterocycles. The Hall–Kier alpha value is -3.66. The van der Waals surface area contributed by atoms with Gasteiger partial charge < -0.3 is 10.6 Å². The molecular weight excluding hydrogens is 320 g/mol. The van der Waals surface area contributed by atoms with Gasteiger partial charge in [-0.05, 0) is 48.9 Å². The molecule has 7 heteroatoms. The number of amides is 4. The first kappa shape index (κ1) is 16.2. The number of nitrogens with zero attached hydrogens (tertiary/aromatic N) is 1. The van der Waals surface area contributed by atoms with Crippen LogP contribution in [0.3, 0.4) is 0 Å². The average molecular weight is 334 g/mol. The molecule has 0 spiro atoms. The highest BCUT2D eigenvalue weighted by atomic mass is 16.2. The van der Waals surface area contributed by atoms with Gasteiger partial charge in [0.25, 0.3) is 11.8 Å². The largest absolute Gasteiger partial charge is 0.322 e. The van der Waals surface area contributed by atoms with E-state index in [1.54, 1.807) is 55.5 Å². The van der Waals surface area contributed by atoms with Crippen molar-refractivity contribution in [1.82, 2.24) is 10.6 Å². The van der Waals surface area contributed by atoms with Crippen LogP contribution in [0.1, 0.15) is 28.4 Å². The molecule has 0 radical (unpaired) electrons. The summed E-state index contributed by atoms with van der Waals surface area (Å²) in [5, 5.41) is 16.3. The van der Waals surface area contributed by atoms with E-state index in [0.717, 1.165) is 0 Å². The van der Waals surface area contributed by atoms with E-state index in [1.165, 1.54) is 0 Å². The summed E-state index contributed by atoms with van der Waals surface area (Å²) in [5.74, 6) is -0.792. The molecule has 1 saturated heterocycles. The van der Waals surface area contributed by atoms with Crippen molar-refractivity contribution in [2.45, 2.75) is 12.5 Å². The summed E-state index contributed by atoms with van der Waals surface area (Å²) >= 11 is 0. The molecule has 1 aliphatic rings. The fourth-order valence-electron chi connectivity index (χ4n) is 2.55. The molecule has 0 aliphatic carbocycles. The highest BCUT2D eigenvalue weighted by molar-refractivity contribution is 6.07. The summed E-state index contributed by atoms with van der Waals surface area (Å²) in [6.45, 7) is 1.59. The number of rotatable bonds is 3. The van der Waals surface area contributed by atoms with Crippen molar-refractivity contribution in [1.29, 1.82) is 5.26 Å². The van der Waals surface area contributed by atoms with Gasteiger partial charge in [-0.1, -0.05) is 12.1 Å². The van der Waals surface area contributed by atoms with E-state index < -0.39 is 17.5 Å². The Morgan fingerprint density at radius 2 is 1.88 bits per heavy atom. The van der Waals surface area contributed by atoms with Crippen molar-refractivity contribution in [3.8, 4) is 6.07 Å². The van der Waals surface area contributed by atoms with Gasteiger partial charge in [-0.15, -0.1) is 0 Å². The highest BCUT2D eigenvalue weighted by Gasteiger charge is 2.43. The average Bonchev–Trinajstić information content (AvgIpc) is 2.88. The van der Waals surface area contributed by atoms with Gasteiger partial charge >= 0.3 is 6.03 Å². The predicted molar refractivity (Wildman–Crippen MR) is 89.6 cm³/mol. The lowest BCUT2D eigenvalue weighted by molar-refractivity contribution is -0.123. The lowest BCUT2D eigenvalue weighted by atomic mass is 9.92. The van der Waals surface area contributed by atoms with Crippen LogP contribution in [0, 0.1) is 11.3 Å². The van der Waals surface area contributed by atoms with Crippen molar-refractivity contribution in [2.24, 2.45) is 0 Å². The highest BCUT2D eigenvalue weighted by Crippen LogP contribution is 2.26. The molecule has 1 fully saturated rings. The molecule has 25 heavy (non-hydrogen) atoms. The van der Waals surface area contributed by atoms with Crippen LogP contribution in [0.15, 0.2) is 48.5 Å². The number of carbonyl (C=O) groups excluding carboxylic acids is 3. The molecule has 0 unspecified atom stereocenters. The Kier molecular flexibility index (Phi) is 3.95. The van der Waals surface area contributed by atoms with Crippen LogP contribution in [0.4, 0.5) is 10.5 Å². The predicted octanol–water partition coefficient (Wildman–Crippen LogP) is 1.87. The summed E-state index contributed by atoms with van der Waals surface area (Å²) in [4.78, 5) is 35.7. The normalized spacial score (nSPS) is 18.9. The van der Waals surface area contributed by atoms with E-state index in [1.807, 2.05) is 6.07 Å². The van der Waals surface area contributed by atoms with Crippen LogP contribution in [-0.2, 0) is 10.3 Å². The van der Waals surface area contributed by atoms with Crippen LogP contribution in [0.5, 0.6) is 0 Å². The first-order valence-corrected chi connectivity index (χ1v) is 7.48. The summed E-state index contributed by atoms with van der Waals surface area (Å²) < 4.78 is 0. The van der Waals surface area contributed by atoms with Crippen LogP contribution in [0.25, 0.3) is 0 Å². The number of hydrogen-bond acceptors (Lipinski definition) is 4. The standard InChI is InChI=1S/C18H14N4O3/c1-18(16(24)21-17(25)22-18)13-3-2-4-14(9-13)20-15(23)12-7-5-11(10-19)6-8-12/h2-9H,1H3,(H,20,23)(H2,21,22,24,25)/t18-/m1/s1. The molecule has 3 rings (SSSR count). The molecule has 1 aliphatic heterocycles. The van der Waals surface area contributed by atoms with Crippen LogP contribution in [-0.4, -0.2) is 17.8 Å². The number of nitriles is 1. The third-order valence-corrected chi connectivity index (χ3v) is 4.02. The van der Waals surface area contributed by atoms with Gasteiger partial charge in [0, 0.05) is 11.3 Å². The van der Waals surface area contributed by atoms with E-state index in [4.69, 9.17) is 5.26 Å². The van der Waals surface area contributed by atoms with Gasteiger partial charge in [0.05, 0.1) is 11.6 Å². The minimum Gasteiger partial charge on any atom is -0.322 e. The number of carbonyl (C=O) groups is 3. The number of anilines is 1. The van der Waals surface area contributed by atoms with E-state index >= 15 is 0 Å². The van der Waals surface area contributed by atoms with Gasteiger partial charge in [0.2, 0.25) is 0 Å². The number of urea groups is 1. The minimum absolute atomic E-state index is 0.341. The fraction of sp³-hybridized carbons (Fsp3) is 0.111. The summed E-state index contributed by atoms with van der Waals surface area (Å²) in [6.07, 6.45) is 0. The number of benzene rings is 2. The fourth-order valence-corrected chi connectivity index (χ4v) is 2.55. The summed E-state index contributed by atoms with van der Waals surface area (Å²) in [5.41, 5.74) is 0.721. The van der Waals surface area contributed by atoms with Gasteiger partial charge in [-0.2, -0.15) is 5.26 Å². The van der Waals surface area contributed by atoms with Crippen molar-refractivity contribution < 1.29 is 14.4 Å². The van der Waals surface area contributed by atoms with E-state index in [-0.39, 0.29) is 5.91 Å². The van der Waals surface area contributed by atoms with E-state index in [0.29, 0.717) is 22.4 Å². The van der Waals surface area contributed by atoms with Crippen molar-refractivity contribution in [3.63, 3.8) is 0 Å². The molecule has 3 N–H and O–H groups in total. The maximum Gasteiger partial charge on any atom is 0.322 e. The Labute approximate surface area is 143 Å². The Morgan fingerprint density at radius 3 is 2.48 bits per heavy atom. The third-order valence-electron chi connectivity index (χ3n) is 4.02. The van der Waals surface area contributed by atoms with Crippen LogP contribution < -0.4 is 16.0 Å². The number of imide groups is 1. The lowest BCUT2D eigenvalue weighted by Crippen LogP contribution is -2.40. The lowest BCUT2D eigenvalue weighted by Gasteiger charge is -2.21. The second kappa shape index (κ2) is 6.09. The van der Waals surface area contributed by atoms with E-state index in [9.17, 15) is 14.4 Å². The van der Waals surface area contributed by atoms with Crippen LogP contribution in [0.2, 0.25) is 0 Å². The first-order chi connectivity index (χ1) is 11.9. The number of hydrogen-bond donors (Lipinski definition) is 3. The quantitative estimate of drug-likeness (QED) is 0.744. The second-order valence-corrected chi connectivity index (χ2v) is 5.76. The smallest absolute Gasteiger partial charge is 0.322 e. The molecule has 7 nitrogen and oxygen atoms in total. The van der Waals surface area contributed by atoms with Crippen LogP contribution >= 0.6 is 0 Å². The summed E-state index contributed by atoms with van der Waals surface area (Å²) in [6, 6.07) is 14.4. The zero-order valence-electron chi connectivity index (χ0n) is 13.3. The molecule has 0 saturated carbocycles. The van der Waals surface area contributed by atoms with Crippen molar-refractivity contribution in [2.75, 3.05) is 5.32 Å². The van der Waals surface area contributed by atoms with Gasteiger partial charge in [0.1, 0.15) is 5.54 Å². The summed E-state index contributed by atoms with van der Waals surface area (Å²) in [7, 11) is 0. The Morgan fingerprint density at radius 1 is 1.16 bits per heavy atom. The minimum atomic E-state index is -1.19. The topological polar surface area (TPSA) is 111 Å². The maximum atomic E-state index is 12.3. The SMILES string of the molecule is C[C@]1(c2cccc(NC(=O)c3ccc(C#N)cc3)c2)NC(=O)NC1=O. The molecule has 124 valence electrons. The second-order valence-electron chi connectivity index (χ2n) is 5.76. The first-order valence-electron chi connectivity index (χ1n) is 7.48. The van der Waals surface area contributed by atoms with Crippen molar-refractivity contribution in [3.05, 3.63) is 65.2 Å². The van der Waals surface area contributed by atoms with Gasteiger partial charge in [0.15, 0.2) is 0 Å². The third kappa shape index (κ3) is 3.05. The van der Waals surface area contributed by atoms with Gasteiger partial charge in [-0.25, -0.2) is 4.79 Å². The number of nitrogens with one attached hydrogen (secondary N) is 3. The van der Waals surface area contributed by atoms with E-state index in [2.05, 4.69) is 16.0 Å².